The number of hydrogen-bond donors (Lipinski definition) is 10. The van der Waals surface area contributed by atoms with Crippen molar-refractivity contribution >= 4 is 193 Å². The van der Waals surface area contributed by atoms with E-state index in [0.29, 0.717) is 105 Å². The number of ether oxygens (including phenoxy) is 4. The molecular formula is C73H76Cl4F2N20O11S2. The number of nitrogens with one attached hydrogen (secondary N) is 7. The zero-order valence-corrected chi connectivity index (χ0v) is 65.2. The summed E-state index contributed by atoms with van der Waals surface area (Å²) in [7, 11) is 5.29. The van der Waals surface area contributed by atoms with Gasteiger partial charge in [0.1, 0.15) is 56.6 Å². The third kappa shape index (κ3) is 26.9. The summed E-state index contributed by atoms with van der Waals surface area (Å²) in [6.45, 7) is 6.07. The number of esters is 4. The van der Waals surface area contributed by atoms with Crippen LogP contribution in [0, 0.1) is 11.6 Å². The number of pyridine rings is 2. The Balaban J connectivity index is 0.000000200. The predicted octanol–water partition coefficient (Wildman–Crippen LogP) is 11.6. The molecule has 31 nitrogen and oxygen atoms in total. The summed E-state index contributed by atoms with van der Waals surface area (Å²) < 4.78 is 45.9. The maximum Gasteiger partial charge on any atom is 0.337 e. The number of aromatic amines is 2. The summed E-state index contributed by atoms with van der Waals surface area (Å²) in [4.78, 5) is 129. The molecule has 2 amide bonds. The standard InChI is InChI=1S/C24H23FN8O2S.C14H16Cl2N2O4.C13H13FN6S.C11H10N2O2.C8H10N2O2.C3H4Cl2O/c1-35-24(34)14-4-5-16-17(11-14)32-19(31-16)6-9-26-10-7-20-33-21-22(29-13-30-23(21)36-20)28-12-18-15(25)3-2-8-27-18;1-22-14(21)9-2-3-10(17-12(19)4-6-15)11(8-9)18-13(20)5-7-16;14-8-2-1-5-16-9(8)6-17-12-11-13(19-7-18-12)21-10(20-11)3-4-15;1-3-10-12-8-5-4-7(11(14)15-2)6-9(8)13-10;1-12-8(11)5-2-3-6(9)7(10)4-5;4-2-1-3(5)6/h2-5,8,11,13,26H,6-7,9-10,12H2,1H3,(H,31,32)(H,28,29,30);2-3,8H,4-7H2,1H3,(H,17,19)(H,18,20);1-2,5,7H,3-4,6,15H2,(H,17,18,19);3-6H,1H2,2H3,(H,12,13);2-4H,9-10H2,1H3;1-2H2. The summed E-state index contributed by atoms with van der Waals surface area (Å²) in [5.41, 5.74) is 24.8. The number of carbonyl (C=O) groups is 7. The van der Waals surface area contributed by atoms with Gasteiger partial charge in [-0.25, -0.2) is 67.8 Å². The topological polar surface area (TPSA) is 455 Å². The molecule has 0 unspecified atom stereocenters. The average Bonchev–Trinajstić information content (AvgIpc) is 1.67. The number of thiazole rings is 2. The maximum atomic E-state index is 13.9. The second kappa shape index (κ2) is 45.5. The molecule has 12 aromatic rings. The van der Waals surface area contributed by atoms with E-state index in [1.807, 2.05) is 0 Å². The van der Waals surface area contributed by atoms with Crippen LogP contribution in [0.5, 0.6) is 0 Å². The van der Waals surface area contributed by atoms with E-state index in [4.69, 9.17) is 68.3 Å². The third-order valence-corrected chi connectivity index (χ3v) is 17.7. The summed E-state index contributed by atoms with van der Waals surface area (Å²) >= 11 is 24.0. The van der Waals surface area contributed by atoms with Gasteiger partial charge in [0, 0.05) is 81.6 Å². The molecule has 112 heavy (non-hydrogen) atoms. The Kier molecular flexibility index (Phi) is 35.6. The first kappa shape index (κ1) is 87.7. The Labute approximate surface area is 667 Å². The lowest BCUT2D eigenvalue weighted by molar-refractivity contribution is -0.116. The number of hydrogen-bond acceptors (Lipinski definition) is 29. The number of nitrogens with zero attached hydrogens (tertiary/aromatic N) is 10. The Morgan fingerprint density at radius 2 is 1.00 bits per heavy atom. The van der Waals surface area contributed by atoms with Gasteiger partial charge < -0.3 is 72.7 Å². The van der Waals surface area contributed by atoms with E-state index in [0.717, 1.165) is 67.1 Å². The number of H-pyrrole nitrogens is 2. The van der Waals surface area contributed by atoms with Crippen LogP contribution >= 0.6 is 69.1 Å². The SMILES string of the molecule is C=Cc1nc2ccc(C(=O)OC)cc2[nH]1.COC(=O)c1ccc(N)c(N)c1.COC(=O)c1ccc(NC(=O)CCCl)c(NC(=O)CCCl)c1.COC(=O)c1ccc2nc(CCNCCc3nc4c(NCc5ncccc5F)ncnc4s3)[nH]c2c1.NCCc1nc2c(NCc3ncccc3F)ncnc2s1.O=C(Cl)CCCl. The molecular weight excluding hydrogens is 1580 g/mol. The van der Waals surface area contributed by atoms with Gasteiger partial charge in [0.05, 0.1) is 130 Å². The van der Waals surface area contributed by atoms with Crippen LogP contribution in [0.2, 0.25) is 0 Å². The van der Waals surface area contributed by atoms with Crippen molar-refractivity contribution in [2.24, 2.45) is 5.73 Å². The van der Waals surface area contributed by atoms with Crippen molar-refractivity contribution in [3.8, 4) is 0 Å². The molecule has 588 valence electrons. The van der Waals surface area contributed by atoms with Crippen LogP contribution in [0.1, 0.15) is 93.7 Å². The number of alkyl halides is 3. The minimum atomic E-state index is -0.550. The zero-order chi connectivity index (χ0) is 81.1. The number of rotatable bonds is 27. The van der Waals surface area contributed by atoms with Crippen LogP contribution < -0.4 is 43.8 Å². The minimum absolute atomic E-state index is 0.110. The minimum Gasteiger partial charge on any atom is -0.465 e. The Morgan fingerprint density at radius 3 is 1.47 bits per heavy atom. The van der Waals surface area contributed by atoms with Crippen molar-refractivity contribution in [3.63, 3.8) is 0 Å². The fourth-order valence-corrected chi connectivity index (χ4v) is 12.0. The highest BCUT2D eigenvalue weighted by Gasteiger charge is 2.18. The number of aromatic nitrogens is 12. The lowest BCUT2D eigenvalue weighted by Crippen LogP contribution is -2.20. The van der Waals surface area contributed by atoms with E-state index >= 15 is 0 Å². The van der Waals surface area contributed by atoms with Crippen LogP contribution in [-0.2, 0) is 65.7 Å². The van der Waals surface area contributed by atoms with Gasteiger partial charge in [-0.05, 0) is 121 Å². The highest BCUT2D eigenvalue weighted by atomic mass is 35.5. The highest BCUT2D eigenvalue weighted by Crippen LogP contribution is 2.29. The molecule has 0 aliphatic carbocycles. The lowest BCUT2D eigenvalue weighted by atomic mass is 10.1. The molecule has 4 aromatic carbocycles. The van der Waals surface area contributed by atoms with Gasteiger partial charge in [-0.15, -0.1) is 34.8 Å². The number of amides is 2. The number of nitrogen functional groups attached to an aromatic ring is 2. The fraction of sp³-hybridized carbons (Fsp3) is 0.247. The number of fused-ring (bicyclic) bond motifs is 4. The molecule has 12 rings (SSSR count). The van der Waals surface area contributed by atoms with E-state index in [1.165, 1.54) is 100 Å². The fourth-order valence-electron chi connectivity index (χ4n) is 9.44. The molecule has 0 fully saturated rings. The number of anilines is 6. The van der Waals surface area contributed by atoms with E-state index in [9.17, 15) is 42.3 Å². The van der Waals surface area contributed by atoms with Gasteiger partial charge in [0.2, 0.25) is 17.1 Å². The van der Waals surface area contributed by atoms with Crippen molar-refractivity contribution in [1.29, 1.82) is 0 Å². The van der Waals surface area contributed by atoms with Crippen LogP contribution in [-0.4, -0.2) is 166 Å². The van der Waals surface area contributed by atoms with Crippen molar-refractivity contribution in [3.05, 3.63) is 196 Å². The molecule has 13 N–H and O–H groups in total. The van der Waals surface area contributed by atoms with Crippen LogP contribution in [0.25, 0.3) is 48.8 Å². The molecule has 0 spiro atoms. The number of nitrogens with two attached hydrogens (primary N) is 3. The summed E-state index contributed by atoms with van der Waals surface area (Å²) in [6, 6.07) is 25.3. The second-order valence-corrected chi connectivity index (χ2v) is 26.3. The number of imidazole rings is 2. The van der Waals surface area contributed by atoms with Gasteiger partial charge in [-0.2, -0.15) is 0 Å². The van der Waals surface area contributed by atoms with Crippen molar-refractivity contribution in [2.45, 2.75) is 51.6 Å². The monoisotopic (exact) mass is 1650 g/mol. The summed E-state index contributed by atoms with van der Waals surface area (Å²) in [5, 5.41) is 16.3. The van der Waals surface area contributed by atoms with Crippen molar-refractivity contribution in [1.82, 2.24) is 65.1 Å². The van der Waals surface area contributed by atoms with Crippen LogP contribution in [0.3, 0.4) is 0 Å². The van der Waals surface area contributed by atoms with Gasteiger partial charge in [-0.1, -0.05) is 29.3 Å². The number of carbonyl (C=O) groups excluding carboxylic acids is 7. The Hall–Kier alpha value is -11.6. The molecule has 0 atom stereocenters. The van der Waals surface area contributed by atoms with Gasteiger partial charge in [-0.3, -0.25) is 24.4 Å². The normalized spacial score (nSPS) is 10.5. The first-order chi connectivity index (χ1) is 54.0. The first-order valence-corrected chi connectivity index (χ1v) is 37.1. The van der Waals surface area contributed by atoms with Gasteiger partial charge >= 0.3 is 23.9 Å². The van der Waals surface area contributed by atoms with E-state index in [-0.39, 0.29) is 90.3 Å². The quantitative estimate of drug-likeness (QED) is 0.00571. The molecule has 39 heteroatoms. The molecule has 0 saturated carbocycles. The first-order valence-electron chi connectivity index (χ1n) is 33.5. The molecule has 8 aromatic heterocycles. The molecule has 8 heterocycles. The number of benzene rings is 4. The molecule has 0 saturated heterocycles. The van der Waals surface area contributed by atoms with Crippen LogP contribution in [0.4, 0.5) is 43.2 Å². The van der Waals surface area contributed by atoms with Crippen molar-refractivity contribution < 1.29 is 61.3 Å². The highest BCUT2D eigenvalue weighted by molar-refractivity contribution is 7.18. The third-order valence-electron chi connectivity index (χ3n) is 14.9. The van der Waals surface area contributed by atoms with Crippen LogP contribution in [0.15, 0.2) is 129 Å². The van der Waals surface area contributed by atoms with E-state index in [1.54, 1.807) is 79.1 Å². The smallest absolute Gasteiger partial charge is 0.337 e. The average molecular weight is 1650 g/mol. The molecule has 0 aliphatic heterocycles. The van der Waals surface area contributed by atoms with E-state index in [2.05, 4.69) is 107 Å². The van der Waals surface area contributed by atoms with Crippen molar-refractivity contribution in [2.75, 3.05) is 98.4 Å². The largest absolute Gasteiger partial charge is 0.465 e. The second-order valence-electron chi connectivity index (χ2n) is 22.6. The maximum absolute atomic E-state index is 13.9. The summed E-state index contributed by atoms with van der Waals surface area (Å²) in [5.74, 6) is 0.288. The number of halogens is 6. The molecule has 0 radical (unpaired) electrons. The predicted molar refractivity (Wildman–Crippen MR) is 430 cm³/mol. The number of methoxy groups -OCH3 is 4. The van der Waals surface area contributed by atoms with E-state index < -0.39 is 11.9 Å². The Morgan fingerprint density at radius 1 is 0.536 bits per heavy atom. The molecule has 0 aliphatic rings. The molecule has 0 bridgehead atoms. The lowest BCUT2D eigenvalue weighted by Gasteiger charge is -2.13. The van der Waals surface area contributed by atoms with Gasteiger partial charge in [0.15, 0.2) is 11.6 Å². The summed E-state index contributed by atoms with van der Waals surface area (Å²) in [6.07, 6.45) is 10.3. The Bertz CT molecular complexity index is 5210. The van der Waals surface area contributed by atoms with Gasteiger partial charge in [0.25, 0.3) is 0 Å². The zero-order valence-electron chi connectivity index (χ0n) is 60.5.